The second kappa shape index (κ2) is 3.59. The summed E-state index contributed by atoms with van der Waals surface area (Å²) in [4.78, 5) is 0. The fourth-order valence-electron chi connectivity index (χ4n) is 1.45. The maximum Gasteiger partial charge on any atom is 0.214 e. The smallest absolute Gasteiger partial charge is 0.214 e. The fourth-order valence-corrected chi connectivity index (χ4v) is 1.45. The van der Waals surface area contributed by atoms with Gasteiger partial charge in [-0.15, -0.1) is 0 Å². The van der Waals surface area contributed by atoms with E-state index in [0.29, 0.717) is 22.7 Å². The van der Waals surface area contributed by atoms with E-state index in [4.69, 9.17) is 15.1 Å². The molecule has 0 aliphatic carbocycles. The highest BCUT2D eigenvalue weighted by atomic mass is 16.5. The first-order valence-electron chi connectivity index (χ1n) is 4.36. The first-order valence-corrected chi connectivity index (χ1v) is 4.36. The van der Waals surface area contributed by atoms with Gasteiger partial charge < -0.3 is 9.84 Å². The molecule has 5 nitrogen and oxygen atoms in total. The van der Waals surface area contributed by atoms with E-state index in [1.807, 2.05) is 6.07 Å². The third kappa shape index (κ3) is 1.41. The number of fused-ring (bicyclic) bond motifs is 1. The minimum absolute atomic E-state index is 0.0932. The number of hydrogen-bond acceptors (Lipinski definition) is 4. The van der Waals surface area contributed by atoms with Crippen LogP contribution < -0.4 is 4.74 Å². The zero-order valence-corrected chi connectivity index (χ0v) is 8.14. The summed E-state index contributed by atoms with van der Waals surface area (Å²) in [5, 5.41) is 21.9. The lowest BCUT2D eigenvalue weighted by molar-refractivity contribution is 0.282. The number of aromatic nitrogens is 2. The Labute approximate surface area is 86.1 Å². The number of ether oxygens (including phenoxy) is 1. The molecule has 2 aromatic rings. The molecule has 2 heterocycles. The molecule has 1 N–H and O–H groups in total. The van der Waals surface area contributed by atoms with Gasteiger partial charge in [0.2, 0.25) is 5.88 Å². The van der Waals surface area contributed by atoms with Crippen molar-refractivity contribution in [2.75, 3.05) is 7.11 Å². The zero-order chi connectivity index (χ0) is 10.8. The molecule has 5 heteroatoms. The number of nitriles is 1. The van der Waals surface area contributed by atoms with Crippen LogP contribution in [0.25, 0.3) is 5.52 Å². The highest BCUT2D eigenvalue weighted by Crippen LogP contribution is 2.19. The van der Waals surface area contributed by atoms with Crippen molar-refractivity contribution < 1.29 is 9.84 Å². The standard InChI is InChI=1S/C10H9N3O2/c1-15-10-3-2-7(6-14)9-4-8(5-11)12-13(9)10/h2-4,14H,6H2,1H3. The molecular formula is C10H9N3O2. The van der Waals surface area contributed by atoms with Crippen LogP contribution in [0.2, 0.25) is 0 Å². The molecule has 0 unspecified atom stereocenters. The SMILES string of the molecule is COc1ccc(CO)c2cc(C#N)nn12. The molecule has 76 valence electrons. The van der Waals surface area contributed by atoms with Crippen LogP contribution in [0.5, 0.6) is 5.88 Å². The zero-order valence-electron chi connectivity index (χ0n) is 8.14. The molecule has 2 aromatic heterocycles. The van der Waals surface area contributed by atoms with Crippen molar-refractivity contribution in [1.82, 2.24) is 9.61 Å². The summed E-state index contributed by atoms with van der Waals surface area (Å²) in [7, 11) is 1.53. The van der Waals surface area contributed by atoms with Gasteiger partial charge in [-0.1, -0.05) is 0 Å². The molecule has 0 amide bonds. The van der Waals surface area contributed by atoms with E-state index in [0.717, 1.165) is 0 Å². The molecule has 0 aliphatic heterocycles. The highest BCUT2D eigenvalue weighted by molar-refractivity contribution is 5.58. The summed E-state index contributed by atoms with van der Waals surface area (Å²) >= 11 is 0. The number of aliphatic hydroxyl groups is 1. The van der Waals surface area contributed by atoms with Crippen molar-refractivity contribution >= 4 is 5.52 Å². The predicted octanol–water partition coefficient (Wildman–Crippen LogP) is 0.707. The van der Waals surface area contributed by atoms with Crippen molar-refractivity contribution in [2.45, 2.75) is 6.61 Å². The Balaban J connectivity index is 2.78. The number of methoxy groups -OCH3 is 1. The van der Waals surface area contributed by atoms with E-state index in [-0.39, 0.29) is 6.61 Å². The second-order valence-electron chi connectivity index (χ2n) is 3.00. The molecule has 0 aromatic carbocycles. The average molecular weight is 203 g/mol. The Morgan fingerprint density at radius 2 is 2.40 bits per heavy atom. The summed E-state index contributed by atoms with van der Waals surface area (Å²) in [5.74, 6) is 0.531. The summed E-state index contributed by atoms with van der Waals surface area (Å²) in [6.45, 7) is -0.0932. The van der Waals surface area contributed by atoms with Crippen LogP contribution in [0.15, 0.2) is 18.2 Å². The van der Waals surface area contributed by atoms with Gasteiger partial charge in [-0.05, 0) is 6.07 Å². The Hall–Kier alpha value is -2.06. The van der Waals surface area contributed by atoms with Gasteiger partial charge in [0.05, 0.1) is 19.2 Å². The van der Waals surface area contributed by atoms with Gasteiger partial charge in [0.1, 0.15) is 6.07 Å². The van der Waals surface area contributed by atoms with Gasteiger partial charge in [-0.2, -0.15) is 14.9 Å². The Kier molecular flexibility index (Phi) is 2.27. The Bertz CT molecular complexity index is 498. The molecule has 0 aliphatic rings. The third-order valence-electron chi connectivity index (χ3n) is 2.17. The molecule has 0 saturated heterocycles. The molecular weight excluding hydrogens is 194 g/mol. The summed E-state index contributed by atoms with van der Waals surface area (Å²) < 4.78 is 6.60. The van der Waals surface area contributed by atoms with Crippen molar-refractivity contribution in [2.24, 2.45) is 0 Å². The van der Waals surface area contributed by atoms with E-state index in [1.54, 1.807) is 18.2 Å². The van der Waals surface area contributed by atoms with Gasteiger partial charge in [-0.25, -0.2) is 0 Å². The molecule has 0 fully saturated rings. The van der Waals surface area contributed by atoms with Gasteiger partial charge in [0.25, 0.3) is 0 Å². The van der Waals surface area contributed by atoms with E-state index in [9.17, 15) is 0 Å². The van der Waals surface area contributed by atoms with Crippen LogP contribution in [-0.2, 0) is 6.61 Å². The summed E-state index contributed by atoms with van der Waals surface area (Å²) in [6.07, 6.45) is 0. The Morgan fingerprint density at radius 1 is 1.60 bits per heavy atom. The number of nitrogens with zero attached hydrogens (tertiary/aromatic N) is 3. The minimum Gasteiger partial charge on any atom is -0.481 e. The van der Waals surface area contributed by atoms with Crippen LogP contribution in [-0.4, -0.2) is 21.8 Å². The fraction of sp³-hybridized carbons (Fsp3) is 0.200. The van der Waals surface area contributed by atoms with Crippen LogP contribution >= 0.6 is 0 Å². The van der Waals surface area contributed by atoms with Crippen LogP contribution in [0.3, 0.4) is 0 Å². The molecule has 0 saturated carbocycles. The van der Waals surface area contributed by atoms with Crippen LogP contribution in [0.4, 0.5) is 0 Å². The third-order valence-corrected chi connectivity index (χ3v) is 2.17. The van der Waals surface area contributed by atoms with Gasteiger partial charge in [-0.3, -0.25) is 0 Å². The first kappa shape index (κ1) is 9.49. The summed E-state index contributed by atoms with van der Waals surface area (Å²) in [6, 6.07) is 7.02. The van der Waals surface area contributed by atoms with Crippen molar-refractivity contribution in [3.8, 4) is 11.9 Å². The lowest BCUT2D eigenvalue weighted by Gasteiger charge is -2.05. The normalized spacial score (nSPS) is 10.2. The maximum atomic E-state index is 9.12. The largest absolute Gasteiger partial charge is 0.481 e. The quantitative estimate of drug-likeness (QED) is 0.780. The Morgan fingerprint density at radius 3 is 3.00 bits per heavy atom. The second-order valence-corrected chi connectivity index (χ2v) is 3.00. The molecule has 0 bridgehead atoms. The predicted molar refractivity (Wildman–Crippen MR) is 52.4 cm³/mol. The lowest BCUT2D eigenvalue weighted by atomic mass is 10.2. The number of pyridine rings is 1. The monoisotopic (exact) mass is 203 g/mol. The van der Waals surface area contributed by atoms with Crippen molar-refractivity contribution in [1.29, 1.82) is 5.26 Å². The number of rotatable bonds is 2. The number of aliphatic hydroxyl groups excluding tert-OH is 1. The highest BCUT2D eigenvalue weighted by Gasteiger charge is 2.09. The molecule has 15 heavy (non-hydrogen) atoms. The molecule has 2 rings (SSSR count). The maximum absolute atomic E-state index is 9.12. The van der Waals surface area contributed by atoms with E-state index >= 15 is 0 Å². The van der Waals surface area contributed by atoms with Crippen molar-refractivity contribution in [3.63, 3.8) is 0 Å². The number of hydrogen-bond donors (Lipinski definition) is 1. The first-order chi connectivity index (χ1) is 7.30. The van der Waals surface area contributed by atoms with Crippen LogP contribution in [0, 0.1) is 11.3 Å². The molecule has 0 atom stereocenters. The molecule has 0 spiro atoms. The minimum atomic E-state index is -0.0932. The topological polar surface area (TPSA) is 70.5 Å². The van der Waals surface area contributed by atoms with E-state index in [1.165, 1.54) is 11.6 Å². The molecule has 0 radical (unpaired) electrons. The van der Waals surface area contributed by atoms with Gasteiger partial charge >= 0.3 is 0 Å². The van der Waals surface area contributed by atoms with Crippen LogP contribution in [0.1, 0.15) is 11.3 Å². The van der Waals surface area contributed by atoms with Gasteiger partial charge in [0.15, 0.2) is 5.69 Å². The lowest BCUT2D eigenvalue weighted by Crippen LogP contribution is -1.98. The van der Waals surface area contributed by atoms with Gasteiger partial charge in [0, 0.05) is 17.7 Å². The van der Waals surface area contributed by atoms with Crippen molar-refractivity contribution in [3.05, 3.63) is 29.5 Å². The summed E-state index contributed by atoms with van der Waals surface area (Å²) in [5.41, 5.74) is 1.70. The average Bonchev–Trinajstić information content (AvgIpc) is 2.71. The van der Waals surface area contributed by atoms with E-state index in [2.05, 4.69) is 5.10 Å². The van der Waals surface area contributed by atoms with E-state index < -0.39 is 0 Å².